The summed E-state index contributed by atoms with van der Waals surface area (Å²) in [6.45, 7) is 13.7. The Bertz CT molecular complexity index is 1070. The van der Waals surface area contributed by atoms with Gasteiger partial charge >= 0.3 is 0 Å². The van der Waals surface area contributed by atoms with Gasteiger partial charge in [0.05, 0.1) is 18.2 Å². The molecule has 0 radical (unpaired) electrons. The average molecular weight is 479 g/mol. The van der Waals surface area contributed by atoms with Crippen molar-refractivity contribution in [1.29, 1.82) is 5.26 Å². The SMILES string of the molecule is C=N/N=C(\SCc1cccc2c1CCC2NC(C)=O)c1ccc(OCC(C)C)c(C#N)c1.CC. The molecule has 1 aliphatic rings. The van der Waals surface area contributed by atoms with Crippen LogP contribution in [-0.4, -0.2) is 24.3 Å². The molecular formula is C27H34N4O2S. The van der Waals surface area contributed by atoms with E-state index in [9.17, 15) is 10.1 Å². The van der Waals surface area contributed by atoms with Gasteiger partial charge in [-0.1, -0.05) is 57.7 Å². The Morgan fingerprint density at radius 1 is 1.32 bits per heavy atom. The molecule has 0 saturated heterocycles. The highest BCUT2D eigenvalue weighted by atomic mass is 32.2. The van der Waals surface area contributed by atoms with Crippen molar-refractivity contribution in [3.05, 3.63) is 64.2 Å². The van der Waals surface area contributed by atoms with E-state index < -0.39 is 0 Å². The number of benzene rings is 2. The van der Waals surface area contributed by atoms with E-state index in [0.717, 1.165) is 18.4 Å². The first-order valence-electron chi connectivity index (χ1n) is 11.6. The van der Waals surface area contributed by atoms with Crippen molar-refractivity contribution in [2.45, 2.75) is 59.3 Å². The topological polar surface area (TPSA) is 86.8 Å². The summed E-state index contributed by atoms with van der Waals surface area (Å²) in [4.78, 5) is 11.5. The van der Waals surface area contributed by atoms with Crippen molar-refractivity contribution < 1.29 is 9.53 Å². The minimum atomic E-state index is -0.0109. The molecule has 0 aliphatic heterocycles. The lowest BCUT2D eigenvalue weighted by Crippen LogP contribution is -2.24. The molecule has 1 amide bonds. The monoisotopic (exact) mass is 478 g/mol. The first-order valence-corrected chi connectivity index (χ1v) is 12.6. The Morgan fingerprint density at radius 3 is 2.74 bits per heavy atom. The molecule has 3 rings (SSSR count). The number of rotatable bonds is 8. The van der Waals surface area contributed by atoms with Gasteiger partial charge in [0.2, 0.25) is 5.91 Å². The van der Waals surface area contributed by atoms with Gasteiger partial charge in [-0.25, -0.2) is 0 Å². The maximum absolute atomic E-state index is 11.5. The lowest BCUT2D eigenvalue weighted by atomic mass is 10.0. The molecule has 0 fully saturated rings. The summed E-state index contributed by atoms with van der Waals surface area (Å²) < 4.78 is 5.77. The number of fused-ring (bicyclic) bond motifs is 1. The molecule has 34 heavy (non-hydrogen) atoms. The minimum absolute atomic E-state index is 0.0109. The van der Waals surface area contributed by atoms with Gasteiger partial charge in [0.1, 0.15) is 16.9 Å². The number of thioether (sulfide) groups is 1. The van der Waals surface area contributed by atoms with Crippen LogP contribution in [0.4, 0.5) is 0 Å². The van der Waals surface area contributed by atoms with E-state index in [0.29, 0.717) is 34.6 Å². The van der Waals surface area contributed by atoms with Crippen molar-refractivity contribution in [1.82, 2.24) is 5.32 Å². The fraction of sp³-hybridized carbons (Fsp3) is 0.407. The summed E-state index contributed by atoms with van der Waals surface area (Å²) in [6, 6.07) is 14.0. The van der Waals surface area contributed by atoms with Crippen molar-refractivity contribution in [3.63, 3.8) is 0 Å². The first kappa shape index (κ1) is 27.1. The Hall–Kier alpha value is -3.11. The molecule has 1 N–H and O–H groups in total. The van der Waals surface area contributed by atoms with Crippen LogP contribution in [-0.2, 0) is 17.0 Å². The van der Waals surface area contributed by atoms with E-state index in [-0.39, 0.29) is 11.9 Å². The number of ether oxygens (including phenoxy) is 1. The highest BCUT2D eigenvalue weighted by Gasteiger charge is 2.25. The molecule has 7 heteroatoms. The smallest absolute Gasteiger partial charge is 0.217 e. The zero-order valence-electron chi connectivity index (χ0n) is 20.7. The highest BCUT2D eigenvalue weighted by molar-refractivity contribution is 8.13. The van der Waals surface area contributed by atoms with E-state index in [1.807, 2.05) is 32.0 Å². The quantitative estimate of drug-likeness (QED) is 0.285. The maximum Gasteiger partial charge on any atom is 0.217 e. The summed E-state index contributed by atoms with van der Waals surface area (Å²) in [5.74, 6) is 1.64. The number of hydrogen-bond donors (Lipinski definition) is 1. The van der Waals surface area contributed by atoms with Crippen LogP contribution < -0.4 is 10.1 Å². The van der Waals surface area contributed by atoms with E-state index in [4.69, 9.17) is 4.74 Å². The molecule has 2 aromatic carbocycles. The van der Waals surface area contributed by atoms with Crippen LogP contribution in [0.15, 0.2) is 46.6 Å². The van der Waals surface area contributed by atoms with Gasteiger partial charge in [-0.05, 0) is 53.6 Å². The van der Waals surface area contributed by atoms with Crippen LogP contribution in [0.3, 0.4) is 0 Å². The van der Waals surface area contributed by atoms with Crippen LogP contribution in [0.5, 0.6) is 5.75 Å². The number of nitrogens with zero attached hydrogens (tertiary/aromatic N) is 3. The summed E-state index contributed by atoms with van der Waals surface area (Å²) in [5, 5.41) is 21.3. The van der Waals surface area contributed by atoms with Crippen LogP contribution in [0.1, 0.15) is 74.9 Å². The fourth-order valence-electron chi connectivity index (χ4n) is 3.77. The van der Waals surface area contributed by atoms with Crippen LogP contribution in [0, 0.1) is 17.2 Å². The van der Waals surface area contributed by atoms with E-state index in [2.05, 4.69) is 54.3 Å². The molecule has 180 valence electrons. The normalized spacial score (nSPS) is 14.5. The molecular weight excluding hydrogens is 444 g/mol. The fourth-order valence-corrected chi connectivity index (χ4v) is 4.75. The van der Waals surface area contributed by atoms with Crippen molar-refractivity contribution in [3.8, 4) is 11.8 Å². The van der Waals surface area contributed by atoms with Crippen molar-refractivity contribution in [2.75, 3.05) is 6.61 Å². The van der Waals surface area contributed by atoms with Gasteiger partial charge in [0, 0.05) is 25.0 Å². The Morgan fingerprint density at radius 2 is 2.09 bits per heavy atom. The molecule has 0 spiro atoms. The second kappa shape index (κ2) is 13.6. The second-order valence-corrected chi connectivity index (χ2v) is 9.10. The van der Waals surface area contributed by atoms with Crippen LogP contribution in [0.25, 0.3) is 0 Å². The number of hydrogen-bond acceptors (Lipinski definition) is 6. The van der Waals surface area contributed by atoms with Gasteiger partial charge < -0.3 is 10.1 Å². The molecule has 0 bridgehead atoms. The predicted octanol–water partition coefficient (Wildman–Crippen LogP) is 6.04. The Balaban J connectivity index is 0.00000199. The third-order valence-corrected chi connectivity index (χ3v) is 6.24. The van der Waals surface area contributed by atoms with Gasteiger partial charge in [-0.3, -0.25) is 4.79 Å². The maximum atomic E-state index is 11.5. The number of amides is 1. The third-order valence-electron chi connectivity index (χ3n) is 5.19. The largest absolute Gasteiger partial charge is 0.492 e. The van der Waals surface area contributed by atoms with Crippen molar-refractivity contribution >= 4 is 29.4 Å². The number of carbonyl (C=O) groups is 1. The number of nitrogens with one attached hydrogen (secondary N) is 1. The molecule has 0 heterocycles. The Kier molecular flexibility index (Phi) is 10.8. The standard InChI is InChI=1S/C25H28N4O2S.C2H6/c1-16(2)14-31-24-11-8-18(12-20(24)13-26)25(29-27-4)32-15-19-6-5-7-22-21(19)9-10-23(22)28-17(3)30;1-2/h5-8,11-12,16,23H,4,9-10,14-15H2,1-3H3,(H,28,30);1-2H3/b29-25-;. The lowest BCUT2D eigenvalue weighted by Gasteiger charge is -2.14. The number of nitriles is 1. The van der Waals surface area contributed by atoms with Crippen molar-refractivity contribution in [2.24, 2.45) is 16.1 Å². The summed E-state index contributed by atoms with van der Waals surface area (Å²) >= 11 is 1.56. The summed E-state index contributed by atoms with van der Waals surface area (Å²) in [7, 11) is 0. The molecule has 0 aromatic heterocycles. The molecule has 0 saturated carbocycles. The average Bonchev–Trinajstić information content (AvgIpc) is 3.24. The van der Waals surface area contributed by atoms with Gasteiger partial charge in [-0.2, -0.15) is 10.4 Å². The van der Waals surface area contributed by atoms with Gasteiger partial charge in [0.15, 0.2) is 0 Å². The van der Waals surface area contributed by atoms with Gasteiger partial charge in [-0.15, -0.1) is 5.10 Å². The van der Waals surface area contributed by atoms with E-state index >= 15 is 0 Å². The molecule has 1 aliphatic carbocycles. The lowest BCUT2D eigenvalue weighted by molar-refractivity contribution is -0.119. The molecule has 1 unspecified atom stereocenters. The zero-order valence-corrected chi connectivity index (χ0v) is 21.5. The Labute approximate surface area is 207 Å². The summed E-state index contributed by atoms with van der Waals surface area (Å²) in [5.41, 5.74) is 4.98. The van der Waals surface area contributed by atoms with E-state index in [1.54, 1.807) is 24.8 Å². The number of carbonyl (C=O) groups excluding carboxylic acids is 1. The predicted molar refractivity (Wildman–Crippen MR) is 142 cm³/mol. The second-order valence-electron chi connectivity index (χ2n) is 8.14. The summed E-state index contributed by atoms with van der Waals surface area (Å²) in [6.07, 6.45) is 1.85. The molecule has 2 aromatic rings. The van der Waals surface area contributed by atoms with Crippen LogP contribution >= 0.6 is 11.8 Å². The zero-order chi connectivity index (χ0) is 25.1. The molecule has 1 atom stereocenters. The van der Waals surface area contributed by atoms with Gasteiger partial charge in [0.25, 0.3) is 0 Å². The minimum Gasteiger partial charge on any atom is -0.492 e. The molecule has 6 nitrogen and oxygen atoms in total. The third kappa shape index (κ3) is 7.19. The highest BCUT2D eigenvalue weighted by Crippen LogP contribution is 2.35. The van der Waals surface area contributed by atoms with E-state index in [1.165, 1.54) is 16.7 Å². The van der Waals surface area contributed by atoms with Crippen LogP contribution in [0.2, 0.25) is 0 Å². The first-order chi connectivity index (χ1) is 16.4.